The number of carboxylic acid groups (broad SMARTS) is 2. The van der Waals surface area contributed by atoms with Crippen molar-refractivity contribution >= 4 is 37.8 Å². The minimum absolute atomic E-state index is 0.833. The van der Waals surface area contributed by atoms with E-state index in [1.165, 1.54) is 21.5 Å². The molecule has 0 fully saturated rings. The number of carboxylic acids is 2. The molecule has 4 rings (SSSR count). The molecule has 0 radical (unpaired) electrons. The summed E-state index contributed by atoms with van der Waals surface area (Å²) < 4.78 is 2.00. The number of hydrogen-bond acceptors (Lipinski definition) is 2. The molecular weight excluding hydrogens is 424 g/mol. The number of aliphatic carboxylic acids is 2. The molecule has 0 heterocycles. The van der Waals surface area contributed by atoms with Gasteiger partial charge in [-0.1, -0.05) is 25.3 Å². The van der Waals surface area contributed by atoms with Gasteiger partial charge in [0.1, 0.15) is 0 Å². The van der Waals surface area contributed by atoms with E-state index in [0.717, 1.165) is 12.2 Å². The van der Waals surface area contributed by atoms with Gasteiger partial charge in [0.05, 0.1) is 0 Å². The minimum Gasteiger partial charge on any atom is -0.168 e. The van der Waals surface area contributed by atoms with E-state index in [4.69, 9.17) is 10.2 Å². The molecule has 0 atom stereocenters. The molecule has 0 saturated heterocycles. The van der Waals surface area contributed by atoms with E-state index in [-0.39, 0.29) is 0 Å². The summed E-state index contributed by atoms with van der Waals surface area (Å²) >= 11 is 2.00. The molecule has 158 valence electrons. The van der Waals surface area contributed by atoms with Crippen LogP contribution in [-0.2, 0) is 29.6 Å². The van der Waals surface area contributed by atoms with Crippen LogP contribution in [0.5, 0.6) is 0 Å². The van der Waals surface area contributed by atoms with Crippen LogP contribution in [0, 0.1) is 0 Å². The number of carbonyl (C=O) groups is 2. The Kier molecular flexibility index (Phi) is 15.6. The van der Waals surface area contributed by atoms with E-state index in [2.05, 4.69) is 98.1 Å². The third-order valence-electron chi connectivity index (χ3n) is 3.44. The number of fused-ring (bicyclic) bond motifs is 2. The van der Waals surface area contributed by atoms with Crippen LogP contribution in [0.4, 0.5) is 0 Å². The van der Waals surface area contributed by atoms with E-state index in [1.54, 1.807) is 0 Å². The third kappa shape index (κ3) is 13.5. The Hall–Kier alpha value is -3.34. The van der Waals surface area contributed by atoms with Crippen LogP contribution in [-0.4, -0.2) is 26.5 Å². The van der Waals surface area contributed by atoms with E-state index in [9.17, 15) is 9.59 Å². The van der Waals surface area contributed by atoms with Crippen LogP contribution < -0.4 is 0 Å². The summed E-state index contributed by atoms with van der Waals surface area (Å²) in [6.45, 7) is 7.92. The second kappa shape index (κ2) is 17.5. The Morgan fingerprint density at radius 3 is 1.32 bits per heavy atom. The van der Waals surface area contributed by atoms with Crippen molar-refractivity contribution in [3.63, 3.8) is 0 Å². The smallest absolute Gasteiger partial charge is 0.0809 e. The van der Waals surface area contributed by atoms with Gasteiger partial charge in [-0.05, 0) is 0 Å². The Balaban J connectivity index is 0.000000386. The van der Waals surface area contributed by atoms with Crippen LogP contribution in [0.3, 0.4) is 0 Å². The zero-order valence-electron chi connectivity index (χ0n) is 17.4. The molecule has 0 spiro atoms. The molecule has 0 aliphatic heterocycles. The third-order valence-corrected chi connectivity index (χ3v) is 3.44. The first-order valence-electron chi connectivity index (χ1n) is 9.26. The minimum atomic E-state index is -0.981. The Bertz CT molecular complexity index is 929. The topological polar surface area (TPSA) is 74.6 Å². The molecule has 0 saturated carbocycles. The fraction of sp³-hybridized carbons (Fsp3) is 0.0385. The second-order valence-corrected chi connectivity index (χ2v) is 6.58. The van der Waals surface area contributed by atoms with Crippen molar-refractivity contribution in [2.45, 2.75) is 6.92 Å². The van der Waals surface area contributed by atoms with E-state index in [0.29, 0.717) is 0 Å². The molecule has 0 aliphatic carbocycles. The fourth-order valence-corrected chi connectivity index (χ4v) is 2.14. The summed E-state index contributed by atoms with van der Waals surface area (Å²) in [4.78, 5) is 18.5. The predicted octanol–water partition coefficient (Wildman–Crippen LogP) is 5.99. The first-order valence-corrected chi connectivity index (χ1v) is 10.2. The van der Waals surface area contributed by atoms with Crippen LogP contribution in [0.2, 0.25) is 0 Å². The molecule has 31 heavy (non-hydrogen) atoms. The van der Waals surface area contributed by atoms with Crippen LogP contribution >= 0.6 is 0 Å². The molecule has 2 N–H and O–H groups in total. The monoisotopic (exact) mass is 450 g/mol. The predicted molar refractivity (Wildman–Crippen MR) is 126 cm³/mol. The standard InChI is InChI=1S/2C9H7.2C3H4O2.C2H4.Ti/c2*1-2-5-9-7-3-6-8(9)4-1;2*1-2-3(4)5;1-2;/h2*1-7H;2*2H,1H2,(H,4,5);1H,2H3;/q2*-1;;;;+2. The first-order chi connectivity index (χ1) is 14.9. The summed E-state index contributed by atoms with van der Waals surface area (Å²) in [5, 5.41) is 20.5. The zero-order chi connectivity index (χ0) is 23.5. The van der Waals surface area contributed by atoms with Crippen molar-refractivity contribution in [2.24, 2.45) is 0 Å². The number of rotatable bonds is 2. The van der Waals surface area contributed by atoms with Gasteiger partial charge in [0.15, 0.2) is 0 Å². The molecule has 4 nitrogen and oxygen atoms in total. The van der Waals surface area contributed by atoms with Crippen LogP contribution in [0.15, 0.2) is 110 Å². The van der Waals surface area contributed by atoms with Gasteiger partial charge in [-0.2, -0.15) is 35.0 Å². The van der Waals surface area contributed by atoms with E-state index >= 15 is 0 Å². The molecule has 4 aromatic rings. The maximum atomic E-state index is 9.25. The number of hydrogen-bond donors (Lipinski definition) is 2. The summed E-state index contributed by atoms with van der Waals surface area (Å²) in [5.74, 6) is -1.96. The van der Waals surface area contributed by atoms with Crippen molar-refractivity contribution in [3.05, 3.63) is 110 Å². The maximum Gasteiger partial charge on any atom is -0.0809 e. The van der Waals surface area contributed by atoms with Crippen molar-refractivity contribution in [3.8, 4) is 0 Å². The fourth-order valence-electron chi connectivity index (χ4n) is 2.14. The average Bonchev–Trinajstić information content (AvgIpc) is 3.45. The van der Waals surface area contributed by atoms with Gasteiger partial charge in [0, 0.05) is 12.2 Å². The first kappa shape index (κ1) is 27.7. The van der Waals surface area contributed by atoms with Crippen molar-refractivity contribution in [1.82, 2.24) is 0 Å². The molecule has 4 aromatic carbocycles. The normalized spacial score (nSPS) is 8.48. The molecule has 0 amide bonds. The Morgan fingerprint density at radius 1 is 0.774 bits per heavy atom. The van der Waals surface area contributed by atoms with Gasteiger partial charge in [-0.25, -0.2) is 9.59 Å². The summed E-state index contributed by atoms with van der Waals surface area (Å²) in [5.41, 5.74) is 0. The second-order valence-electron chi connectivity index (χ2n) is 5.68. The summed E-state index contributed by atoms with van der Waals surface area (Å²) in [7, 11) is 0. The molecule has 0 aromatic heterocycles. The van der Waals surface area contributed by atoms with E-state index < -0.39 is 11.9 Å². The van der Waals surface area contributed by atoms with E-state index in [1.807, 2.05) is 31.2 Å². The molecule has 0 unspecified atom stereocenters. The summed E-state index contributed by atoms with van der Waals surface area (Å²) in [6.07, 6.45) is 1.67. The van der Waals surface area contributed by atoms with Gasteiger partial charge in [0.2, 0.25) is 0 Å². The largest absolute Gasteiger partial charge is 0.168 e. The van der Waals surface area contributed by atoms with Crippen LogP contribution in [0.25, 0.3) is 21.5 Å². The van der Waals surface area contributed by atoms with Gasteiger partial charge in [-0.3, -0.25) is 0 Å². The van der Waals surface area contributed by atoms with Crippen molar-refractivity contribution in [2.75, 3.05) is 0 Å². The molecule has 0 bridgehead atoms. The van der Waals surface area contributed by atoms with Gasteiger partial charge >= 0.3 is 43.1 Å². The van der Waals surface area contributed by atoms with Crippen molar-refractivity contribution in [1.29, 1.82) is 0 Å². The van der Waals surface area contributed by atoms with Gasteiger partial charge < -0.3 is 10.2 Å². The Labute approximate surface area is 194 Å². The van der Waals surface area contributed by atoms with Crippen LogP contribution in [0.1, 0.15) is 6.92 Å². The van der Waals surface area contributed by atoms with Gasteiger partial charge in [0.25, 0.3) is 0 Å². The maximum absolute atomic E-state index is 9.25. The van der Waals surface area contributed by atoms with Gasteiger partial charge in [-0.15, -0.1) is 59.3 Å². The Morgan fingerprint density at radius 2 is 1.06 bits per heavy atom. The SMILES string of the molecule is C=CC(=O)O.C=CC(=O)O.C[CH]=[Ti+2].c1ccc2[cH-]ccc2c1.c1ccc2[cH-]ccc2c1. The van der Waals surface area contributed by atoms with Crippen molar-refractivity contribution < 1.29 is 39.8 Å². The zero-order valence-corrected chi connectivity index (χ0v) is 19.0. The summed E-state index contributed by atoms with van der Waals surface area (Å²) in [6, 6.07) is 29.3. The quantitative estimate of drug-likeness (QED) is 0.224. The molecule has 0 aliphatic rings. The molecular formula is C26H26O4Ti. The number of benzene rings is 2. The molecule has 5 heteroatoms. The average molecular weight is 450 g/mol.